The van der Waals surface area contributed by atoms with Crippen molar-refractivity contribution in [1.82, 2.24) is 0 Å². The fourth-order valence-electron chi connectivity index (χ4n) is 1.40. The number of halogens is 1. The molecule has 0 radical (unpaired) electrons. The maximum Gasteiger partial charge on any atom is 0.506 e. The molecule has 0 aromatic heterocycles. The second-order valence-electron chi connectivity index (χ2n) is 3.20. The SMILES string of the molecule is O=C(Cl)CC(C[P+](=O)O)c1ccccc1. The highest BCUT2D eigenvalue weighted by molar-refractivity contribution is 7.38. The first-order valence-electron chi connectivity index (χ1n) is 4.46. The lowest BCUT2D eigenvalue weighted by Gasteiger charge is -2.08. The van der Waals surface area contributed by atoms with Crippen LogP contribution in [0.2, 0.25) is 0 Å². The largest absolute Gasteiger partial charge is 0.506 e. The summed E-state index contributed by atoms with van der Waals surface area (Å²) in [5.74, 6) is -0.273. The molecule has 0 amide bonds. The minimum absolute atomic E-state index is 0.0673. The number of rotatable bonds is 5. The first kappa shape index (κ1) is 12.3. The highest BCUT2D eigenvalue weighted by Crippen LogP contribution is 2.29. The van der Waals surface area contributed by atoms with Crippen molar-refractivity contribution in [3.05, 3.63) is 35.9 Å². The van der Waals surface area contributed by atoms with E-state index in [1.807, 2.05) is 30.3 Å². The summed E-state index contributed by atoms with van der Waals surface area (Å²) in [5.41, 5.74) is 0.865. The molecule has 80 valence electrons. The molecule has 0 spiro atoms. The lowest BCUT2D eigenvalue weighted by Crippen LogP contribution is -2.05. The molecule has 0 fully saturated rings. The van der Waals surface area contributed by atoms with Crippen molar-refractivity contribution < 1.29 is 14.3 Å². The van der Waals surface area contributed by atoms with E-state index < -0.39 is 13.3 Å². The number of hydrogen-bond acceptors (Lipinski definition) is 2. The van der Waals surface area contributed by atoms with Crippen molar-refractivity contribution >= 4 is 24.9 Å². The van der Waals surface area contributed by atoms with Crippen LogP contribution in [0.5, 0.6) is 0 Å². The molecule has 0 bridgehead atoms. The summed E-state index contributed by atoms with van der Waals surface area (Å²) in [6.07, 6.45) is 0.158. The molecule has 1 N–H and O–H groups in total. The van der Waals surface area contributed by atoms with Crippen LogP contribution in [0.25, 0.3) is 0 Å². The summed E-state index contributed by atoms with van der Waals surface area (Å²) in [4.78, 5) is 19.6. The summed E-state index contributed by atoms with van der Waals surface area (Å²) in [6.45, 7) is 0. The molecular weight excluding hydrogens is 235 g/mol. The maximum absolute atomic E-state index is 10.8. The highest BCUT2D eigenvalue weighted by Gasteiger charge is 2.24. The predicted molar refractivity (Wildman–Crippen MR) is 59.4 cm³/mol. The first-order valence-corrected chi connectivity index (χ1v) is 6.24. The molecule has 1 rings (SSSR count). The van der Waals surface area contributed by atoms with E-state index in [2.05, 4.69) is 0 Å². The Morgan fingerprint density at radius 3 is 2.47 bits per heavy atom. The maximum atomic E-state index is 10.8. The topological polar surface area (TPSA) is 54.4 Å². The Bertz CT molecular complexity index is 337. The van der Waals surface area contributed by atoms with Crippen LogP contribution in [0, 0.1) is 0 Å². The monoisotopic (exact) mass is 245 g/mol. The van der Waals surface area contributed by atoms with E-state index >= 15 is 0 Å². The third kappa shape index (κ3) is 4.52. The summed E-state index contributed by atoms with van der Waals surface area (Å²) < 4.78 is 10.8. The van der Waals surface area contributed by atoms with Crippen molar-refractivity contribution in [2.24, 2.45) is 0 Å². The zero-order chi connectivity index (χ0) is 11.3. The smallest absolute Gasteiger partial charge is 0.281 e. The highest BCUT2D eigenvalue weighted by atomic mass is 35.5. The molecule has 1 aromatic rings. The van der Waals surface area contributed by atoms with E-state index in [0.29, 0.717) is 0 Å². The van der Waals surface area contributed by atoms with Gasteiger partial charge in [0.2, 0.25) is 5.24 Å². The summed E-state index contributed by atoms with van der Waals surface area (Å²) in [6, 6.07) is 9.14. The Hall–Kier alpha value is -0.760. The quantitative estimate of drug-likeness (QED) is 0.641. The Kier molecular flexibility index (Phi) is 4.89. The summed E-state index contributed by atoms with van der Waals surface area (Å²) >= 11 is 5.29. The third-order valence-electron chi connectivity index (χ3n) is 2.05. The molecule has 3 nitrogen and oxygen atoms in total. The van der Waals surface area contributed by atoms with Gasteiger partial charge in [-0.25, -0.2) is 0 Å². The van der Waals surface area contributed by atoms with E-state index in [1.54, 1.807) is 0 Å². The summed E-state index contributed by atoms with van der Waals surface area (Å²) in [5, 5.41) is -0.485. The van der Waals surface area contributed by atoms with Crippen molar-refractivity contribution in [1.29, 1.82) is 0 Å². The van der Waals surface area contributed by atoms with E-state index in [0.717, 1.165) is 5.56 Å². The second-order valence-corrected chi connectivity index (χ2v) is 4.69. The van der Waals surface area contributed by atoms with E-state index in [1.165, 1.54) is 0 Å². The summed E-state index contributed by atoms with van der Waals surface area (Å²) in [7, 11) is -2.25. The molecule has 0 saturated heterocycles. The van der Waals surface area contributed by atoms with Crippen LogP contribution in [0.15, 0.2) is 30.3 Å². The molecular formula is C10H11ClO3P+. The number of carbonyl (C=O) groups is 1. The molecule has 0 heterocycles. The zero-order valence-electron chi connectivity index (χ0n) is 7.97. The van der Waals surface area contributed by atoms with Gasteiger partial charge in [-0.2, -0.15) is 4.89 Å². The minimum atomic E-state index is -2.25. The first-order chi connectivity index (χ1) is 7.09. The molecule has 5 heteroatoms. The van der Waals surface area contributed by atoms with Gasteiger partial charge in [-0.05, 0) is 21.7 Å². The fraction of sp³-hybridized carbons (Fsp3) is 0.300. The van der Waals surface area contributed by atoms with Gasteiger partial charge < -0.3 is 0 Å². The Morgan fingerprint density at radius 1 is 1.40 bits per heavy atom. The predicted octanol–water partition coefficient (Wildman–Crippen LogP) is 2.66. The zero-order valence-corrected chi connectivity index (χ0v) is 9.62. The van der Waals surface area contributed by atoms with Gasteiger partial charge in [-0.15, -0.1) is 0 Å². The Labute approximate surface area is 93.9 Å². The lowest BCUT2D eigenvalue weighted by molar-refractivity contribution is -0.111. The molecule has 0 aliphatic carbocycles. The molecule has 0 saturated carbocycles. The van der Waals surface area contributed by atoms with Crippen LogP contribution in [-0.2, 0) is 9.36 Å². The average Bonchev–Trinajstić information content (AvgIpc) is 2.17. The minimum Gasteiger partial charge on any atom is -0.281 e. The average molecular weight is 246 g/mol. The van der Waals surface area contributed by atoms with Gasteiger partial charge in [0, 0.05) is 12.3 Å². The normalized spacial score (nSPS) is 13.3. The van der Waals surface area contributed by atoms with Crippen molar-refractivity contribution in [3.63, 3.8) is 0 Å². The second kappa shape index (κ2) is 5.96. The molecule has 2 unspecified atom stereocenters. The van der Waals surface area contributed by atoms with Gasteiger partial charge >= 0.3 is 8.03 Å². The Balaban J connectivity index is 2.81. The molecule has 15 heavy (non-hydrogen) atoms. The van der Waals surface area contributed by atoms with E-state index in [9.17, 15) is 9.36 Å². The van der Waals surface area contributed by atoms with Crippen LogP contribution in [-0.4, -0.2) is 16.3 Å². The van der Waals surface area contributed by atoms with Crippen LogP contribution in [0.3, 0.4) is 0 Å². The number of hydrogen-bond donors (Lipinski definition) is 1. The van der Waals surface area contributed by atoms with Gasteiger partial charge in [0.15, 0.2) is 6.16 Å². The van der Waals surface area contributed by atoms with Crippen molar-refractivity contribution in [3.8, 4) is 0 Å². The van der Waals surface area contributed by atoms with Gasteiger partial charge in [-0.1, -0.05) is 30.3 Å². The van der Waals surface area contributed by atoms with Crippen molar-refractivity contribution in [2.45, 2.75) is 12.3 Å². The van der Waals surface area contributed by atoms with E-state index in [-0.39, 0.29) is 18.5 Å². The van der Waals surface area contributed by atoms with E-state index in [4.69, 9.17) is 16.5 Å². The van der Waals surface area contributed by atoms with Crippen LogP contribution >= 0.6 is 19.6 Å². The van der Waals surface area contributed by atoms with Gasteiger partial charge in [-0.3, -0.25) is 4.79 Å². The lowest BCUT2D eigenvalue weighted by atomic mass is 9.98. The van der Waals surface area contributed by atoms with Crippen LogP contribution in [0.1, 0.15) is 17.9 Å². The van der Waals surface area contributed by atoms with Crippen LogP contribution in [0.4, 0.5) is 0 Å². The number of benzene rings is 1. The van der Waals surface area contributed by atoms with Gasteiger partial charge in [0.25, 0.3) is 0 Å². The standard InChI is InChI=1S/C10H10ClO3P/c11-10(12)6-9(7-15(13)14)8-4-2-1-3-5-8/h1-5,9H,6-7H2/p+1. The molecule has 1 aromatic carbocycles. The van der Waals surface area contributed by atoms with Crippen LogP contribution < -0.4 is 0 Å². The van der Waals surface area contributed by atoms with Gasteiger partial charge in [0.1, 0.15) is 0 Å². The third-order valence-corrected chi connectivity index (χ3v) is 2.96. The van der Waals surface area contributed by atoms with Crippen molar-refractivity contribution in [2.75, 3.05) is 6.16 Å². The molecule has 0 aliphatic heterocycles. The number of carbonyl (C=O) groups excluding carboxylic acids is 1. The molecule has 0 aliphatic rings. The fourth-order valence-corrected chi connectivity index (χ4v) is 2.30. The molecule has 2 atom stereocenters. The Morgan fingerprint density at radius 2 is 2.00 bits per heavy atom. The van der Waals surface area contributed by atoms with Gasteiger partial charge in [0.05, 0.1) is 0 Å².